The zero-order valence-corrected chi connectivity index (χ0v) is 16.2. The smallest absolute Gasteiger partial charge is 0.410 e. The van der Waals surface area contributed by atoms with Crippen molar-refractivity contribution in [2.24, 2.45) is 5.92 Å². The minimum absolute atomic E-state index is 0.209. The first kappa shape index (κ1) is 18.3. The molecule has 1 heterocycles. The van der Waals surface area contributed by atoms with Gasteiger partial charge in [-0.25, -0.2) is 4.79 Å². The number of nitrogens with one attached hydrogen (secondary N) is 1. The minimum atomic E-state index is -0.430. The van der Waals surface area contributed by atoms with Crippen LogP contribution in [-0.4, -0.2) is 35.7 Å². The monoisotopic (exact) mass is 382 g/mol. The van der Waals surface area contributed by atoms with Crippen molar-refractivity contribution in [1.82, 2.24) is 10.2 Å². The van der Waals surface area contributed by atoms with Crippen molar-refractivity contribution < 1.29 is 9.53 Å². The number of likely N-dealkylation sites (tertiary alicyclic amines) is 1. The van der Waals surface area contributed by atoms with Crippen molar-refractivity contribution in [3.8, 4) is 0 Å². The minimum Gasteiger partial charge on any atom is -0.444 e. The zero-order chi connectivity index (χ0) is 17.2. The van der Waals surface area contributed by atoms with Crippen molar-refractivity contribution >= 4 is 22.0 Å². The van der Waals surface area contributed by atoms with E-state index in [9.17, 15) is 4.79 Å². The van der Waals surface area contributed by atoms with Crippen LogP contribution in [0.25, 0.3) is 0 Å². The number of ether oxygens (including phenoxy) is 1. The van der Waals surface area contributed by atoms with Crippen molar-refractivity contribution in [3.63, 3.8) is 0 Å². The average Bonchev–Trinajstić information content (AvgIpc) is 2.34. The lowest BCUT2D eigenvalue weighted by Gasteiger charge is -2.43. The van der Waals surface area contributed by atoms with Crippen LogP contribution in [0.2, 0.25) is 0 Å². The summed E-state index contributed by atoms with van der Waals surface area (Å²) in [5.74, 6) is 0.465. The summed E-state index contributed by atoms with van der Waals surface area (Å²) < 4.78 is 6.52. The van der Waals surface area contributed by atoms with Crippen LogP contribution in [0.5, 0.6) is 0 Å². The maximum Gasteiger partial charge on any atom is 0.410 e. The highest BCUT2D eigenvalue weighted by molar-refractivity contribution is 9.10. The van der Waals surface area contributed by atoms with Gasteiger partial charge in [-0.15, -0.1) is 0 Å². The second-order valence-corrected chi connectivity index (χ2v) is 8.20. The Hall–Kier alpha value is -1.07. The first-order chi connectivity index (χ1) is 10.7. The quantitative estimate of drug-likeness (QED) is 0.840. The molecule has 5 heteroatoms. The Kier molecular flexibility index (Phi) is 5.74. The van der Waals surface area contributed by atoms with Gasteiger partial charge in [-0.05, 0) is 46.2 Å². The number of hydrogen-bond donors (Lipinski definition) is 1. The van der Waals surface area contributed by atoms with Crippen LogP contribution < -0.4 is 5.32 Å². The molecule has 0 aliphatic carbocycles. The molecule has 1 aliphatic rings. The first-order valence-electron chi connectivity index (χ1n) is 8.16. The van der Waals surface area contributed by atoms with Gasteiger partial charge in [-0.2, -0.15) is 0 Å². The molecular formula is C18H27BrN2O2. The molecule has 1 aromatic carbocycles. The summed E-state index contributed by atoms with van der Waals surface area (Å²) in [5.41, 5.74) is 0.822. The van der Waals surface area contributed by atoms with Gasteiger partial charge in [0.25, 0.3) is 0 Å². The average molecular weight is 383 g/mol. The summed E-state index contributed by atoms with van der Waals surface area (Å²) >= 11 is 3.60. The summed E-state index contributed by atoms with van der Waals surface area (Å²) in [7, 11) is 0. The number of carbonyl (C=O) groups is 1. The standard InChI is InChI=1S/C18H27BrN2O2/c1-12(20-13(2)15-8-6-7-9-16(15)19)14-10-21(11-14)17(22)23-18(3,4)5/h6-9,12-14,20H,10-11H2,1-5H3. The normalized spacial score (nSPS) is 18.3. The largest absolute Gasteiger partial charge is 0.444 e. The molecule has 0 spiro atoms. The van der Waals surface area contributed by atoms with Crippen LogP contribution in [0.1, 0.15) is 46.2 Å². The van der Waals surface area contributed by atoms with Crippen LogP contribution in [0.15, 0.2) is 28.7 Å². The van der Waals surface area contributed by atoms with E-state index in [1.165, 1.54) is 5.56 Å². The molecule has 1 fully saturated rings. The topological polar surface area (TPSA) is 41.6 Å². The molecule has 2 atom stereocenters. The summed E-state index contributed by atoms with van der Waals surface area (Å²) in [6.07, 6.45) is -0.209. The SMILES string of the molecule is CC(NC(C)C1CN(C(=O)OC(C)(C)C)C1)c1ccccc1Br. The molecule has 0 bridgehead atoms. The summed E-state index contributed by atoms with van der Waals surface area (Å²) in [4.78, 5) is 13.7. The fourth-order valence-electron chi connectivity index (χ4n) is 2.75. The Labute approximate surface area is 147 Å². The van der Waals surface area contributed by atoms with Gasteiger partial charge >= 0.3 is 6.09 Å². The zero-order valence-electron chi connectivity index (χ0n) is 14.6. The summed E-state index contributed by atoms with van der Waals surface area (Å²) in [6.45, 7) is 11.5. The van der Waals surface area contributed by atoms with Gasteiger partial charge in [-0.3, -0.25) is 0 Å². The molecule has 23 heavy (non-hydrogen) atoms. The van der Waals surface area contributed by atoms with Gasteiger partial charge in [0.2, 0.25) is 0 Å². The van der Waals surface area contributed by atoms with Crippen LogP contribution in [0.3, 0.4) is 0 Å². The van der Waals surface area contributed by atoms with E-state index in [-0.39, 0.29) is 12.1 Å². The molecule has 1 amide bonds. The van der Waals surface area contributed by atoms with Gasteiger partial charge in [0.1, 0.15) is 5.60 Å². The molecule has 2 rings (SSSR count). The maximum absolute atomic E-state index is 12.0. The van der Waals surface area contributed by atoms with Gasteiger partial charge in [0.15, 0.2) is 0 Å². The van der Waals surface area contributed by atoms with E-state index in [0.717, 1.165) is 17.6 Å². The number of halogens is 1. The lowest BCUT2D eigenvalue weighted by atomic mass is 9.92. The van der Waals surface area contributed by atoms with Crippen LogP contribution in [0.4, 0.5) is 4.79 Å². The van der Waals surface area contributed by atoms with Gasteiger partial charge in [0.05, 0.1) is 0 Å². The Bertz CT molecular complexity index is 550. The maximum atomic E-state index is 12.0. The van der Waals surface area contributed by atoms with Crippen LogP contribution >= 0.6 is 15.9 Å². The third-order valence-electron chi connectivity index (χ3n) is 4.15. The second kappa shape index (κ2) is 7.22. The fourth-order valence-corrected chi connectivity index (χ4v) is 3.38. The van der Waals surface area contributed by atoms with Crippen molar-refractivity contribution in [2.75, 3.05) is 13.1 Å². The van der Waals surface area contributed by atoms with E-state index in [2.05, 4.69) is 53.3 Å². The van der Waals surface area contributed by atoms with Crippen molar-refractivity contribution in [2.45, 2.75) is 52.3 Å². The Morgan fingerprint density at radius 2 is 1.91 bits per heavy atom. The van der Waals surface area contributed by atoms with Gasteiger partial charge in [0, 0.05) is 35.6 Å². The predicted molar refractivity (Wildman–Crippen MR) is 96.5 cm³/mol. The lowest BCUT2D eigenvalue weighted by molar-refractivity contribution is -0.00622. The van der Waals surface area contributed by atoms with E-state index in [1.54, 1.807) is 4.90 Å². The molecule has 1 N–H and O–H groups in total. The van der Waals surface area contributed by atoms with Crippen LogP contribution in [0, 0.1) is 5.92 Å². The van der Waals surface area contributed by atoms with Crippen LogP contribution in [-0.2, 0) is 4.74 Å². The number of carbonyl (C=O) groups excluding carboxylic acids is 1. The van der Waals surface area contributed by atoms with E-state index in [1.807, 2.05) is 26.8 Å². The van der Waals surface area contributed by atoms with Crippen molar-refractivity contribution in [1.29, 1.82) is 0 Å². The third kappa shape index (κ3) is 4.95. The number of benzene rings is 1. The number of amides is 1. The molecular weight excluding hydrogens is 356 g/mol. The van der Waals surface area contributed by atoms with Gasteiger partial charge < -0.3 is 15.0 Å². The molecule has 128 valence electrons. The molecule has 0 aromatic heterocycles. The highest BCUT2D eigenvalue weighted by atomic mass is 79.9. The van der Waals surface area contributed by atoms with E-state index >= 15 is 0 Å². The first-order valence-corrected chi connectivity index (χ1v) is 8.95. The number of nitrogens with zero attached hydrogens (tertiary/aromatic N) is 1. The molecule has 1 saturated heterocycles. The van der Waals surface area contributed by atoms with E-state index in [0.29, 0.717) is 12.0 Å². The van der Waals surface area contributed by atoms with E-state index in [4.69, 9.17) is 4.74 Å². The highest BCUT2D eigenvalue weighted by Crippen LogP contribution is 2.26. The fraction of sp³-hybridized carbons (Fsp3) is 0.611. The number of rotatable bonds is 4. The summed E-state index contributed by atoms with van der Waals surface area (Å²) in [5, 5.41) is 3.64. The van der Waals surface area contributed by atoms with Crippen molar-refractivity contribution in [3.05, 3.63) is 34.3 Å². The Morgan fingerprint density at radius 1 is 1.30 bits per heavy atom. The molecule has 1 aliphatic heterocycles. The second-order valence-electron chi connectivity index (χ2n) is 7.34. The van der Waals surface area contributed by atoms with Gasteiger partial charge in [-0.1, -0.05) is 34.1 Å². The predicted octanol–water partition coefficient (Wildman–Crippen LogP) is 4.36. The molecule has 0 saturated carbocycles. The molecule has 2 unspecified atom stereocenters. The third-order valence-corrected chi connectivity index (χ3v) is 4.88. The highest BCUT2D eigenvalue weighted by Gasteiger charge is 2.36. The lowest BCUT2D eigenvalue weighted by Crippen LogP contribution is -2.57. The molecule has 0 radical (unpaired) electrons. The van der Waals surface area contributed by atoms with E-state index < -0.39 is 5.60 Å². The number of hydrogen-bond acceptors (Lipinski definition) is 3. The Morgan fingerprint density at radius 3 is 2.48 bits per heavy atom. The Balaban J connectivity index is 1.81. The molecule has 4 nitrogen and oxygen atoms in total. The summed E-state index contributed by atoms with van der Waals surface area (Å²) in [6, 6.07) is 8.87. The molecule has 1 aromatic rings.